The van der Waals surface area contributed by atoms with Crippen LogP contribution in [0.1, 0.15) is 19.3 Å². The number of anilines is 1. The van der Waals surface area contributed by atoms with E-state index in [1.165, 1.54) is 4.68 Å². The number of H-pyrrole nitrogens is 1. The lowest BCUT2D eigenvalue weighted by atomic mass is 10.1. The van der Waals surface area contributed by atoms with Gasteiger partial charge in [-0.25, -0.2) is 9.37 Å². The summed E-state index contributed by atoms with van der Waals surface area (Å²) >= 11 is 0. The van der Waals surface area contributed by atoms with Gasteiger partial charge >= 0.3 is 0 Å². The number of hydrogen-bond donors (Lipinski definition) is 1. The van der Waals surface area contributed by atoms with Crippen molar-refractivity contribution in [2.24, 2.45) is 13.0 Å². The molecule has 3 fully saturated rings. The van der Waals surface area contributed by atoms with Crippen LogP contribution in [0, 0.1) is 11.9 Å². The van der Waals surface area contributed by atoms with Gasteiger partial charge in [0.05, 0.1) is 17.2 Å². The molecule has 9 heteroatoms. The predicted octanol–water partition coefficient (Wildman–Crippen LogP) is 2.64. The smallest absolute Gasteiger partial charge is 0.241 e. The molecule has 3 aromatic heterocycles. The van der Waals surface area contributed by atoms with Crippen LogP contribution < -0.4 is 4.90 Å². The molecule has 1 amide bonds. The average Bonchev–Trinajstić information content (AvgIpc) is 3.03. The minimum atomic E-state index is -0.957. The Hall–Kier alpha value is -2.97. The fourth-order valence-electron chi connectivity index (χ4n) is 5.15. The fraction of sp³-hybridized carbons (Fsp3) is 0.476. The summed E-state index contributed by atoms with van der Waals surface area (Å²) in [6.45, 7) is 1.43. The molecule has 1 saturated carbocycles. The molecule has 5 heterocycles. The summed E-state index contributed by atoms with van der Waals surface area (Å²) < 4.78 is 29.0. The number of carbonyl (C=O) groups is 1. The molecule has 1 N–H and O–H groups in total. The van der Waals surface area contributed by atoms with Crippen LogP contribution in [0.15, 0.2) is 24.5 Å². The minimum Gasteiger partial charge on any atom is -0.367 e. The summed E-state index contributed by atoms with van der Waals surface area (Å²) in [7, 11) is 1.68. The average molecular weight is 412 g/mol. The van der Waals surface area contributed by atoms with E-state index in [2.05, 4.69) is 20.0 Å². The Morgan fingerprint density at radius 1 is 1.27 bits per heavy atom. The Bertz CT molecular complexity index is 1140. The van der Waals surface area contributed by atoms with E-state index >= 15 is 0 Å². The molecule has 0 spiro atoms. The van der Waals surface area contributed by atoms with E-state index in [1.807, 2.05) is 17.0 Å². The van der Waals surface area contributed by atoms with Gasteiger partial charge in [-0.1, -0.05) is 0 Å². The lowest BCUT2D eigenvalue weighted by Crippen LogP contribution is -2.56. The molecule has 7 nitrogen and oxygen atoms in total. The first-order valence-corrected chi connectivity index (χ1v) is 10.4. The number of aromatic amines is 1. The Kier molecular flexibility index (Phi) is 3.73. The highest BCUT2D eigenvalue weighted by molar-refractivity contribution is 5.94. The molecule has 30 heavy (non-hydrogen) atoms. The normalized spacial score (nSPS) is 27.8. The number of fused-ring (bicyclic) bond motifs is 3. The second kappa shape index (κ2) is 6.26. The van der Waals surface area contributed by atoms with E-state index in [-0.39, 0.29) is 18.0 Å². The van der Waals surface area contributed by atoms with Gasteiger partial charge in [0.1, 0.15) is 11.8 Å². The summed E-state index contributed by atoms with van der Waals surface area (Å²) in [6, 6.07) is 4.10. The maximum absolute atomic E-state index is 14.2. The molecule has 1 aliphatic carbocycles. The molecule has 6 rings (SSSR count). The second-order valence-electron chi connectivity index (χ2n) is 8.68. The number of halogens is 2. The first kappa shape index (κ1) is 17.9. The molecule has 156 valence electrons. The monoisotopic (exact) mass is 412 g/mol. The largest absolute Gasteiger partial charge is 0.367 e. The number of nitrogens with zero attached hydrogens (tertiary/aromatic N) is 5. The third kappa shape index (κ3) is 2.64. The number of hydrogen-bond acceptors (Lipinski definition) is 4. The lowest BCUT2D eigenvalue weighted by molar-refractivity contribution is -0.136. The van der Waals surface area contributed by atoms with Crippen molar-refractivity contribution in [2.45, 2.75) is 37.5 Å². The van der Waals surface area contributed by atoms with Gasteiger partial charge in [-0.2, -0.15) is 4.39 Å². The quantitative estimate of drug-likeness (QED) is 0.718. The van der Waals surface area contributed by atoms with Gasteiger partial charge in [0.25, 0.3) is 0 Å². The van der Waals surface area contributed by atoms with Gasteiger partial charge in [-0.05, 0) is 31.4 Å². The highest BCUT2D eigenvalue weighted by atomic mass is 19.1. The number of alkyl halides is 1. The number of pyridine rings is 1. The zero-order valence-electron chi connectivity index (χ0n) is 16.6. The van der Waals surface area contributed by atoms with Crippen molar-refractivity contribution in [1.29, 1.82) is 0 Å². The maximum atomic E-state index is 14.2. The number of piperazine rings is 1. The van der Waals surface area contributed by atoms with E-state index < -0.39 is 18.0 Å². The van der Waals surface area contributed by atoms with Crippen molar-refractivity contribution >= 4 is 22.6 Å². The topological polar surface area (TPSA) is 70.1 Å². The zero-order chi connectivity index (χ0) is 20.6. The van der Waals surface area contributed by atoms with Crippen LogP contribution in [-0.4, -0.2) is 61.9 Å². The van der Waals surface area contributed by atoms with E-state index in [9.17, 15) is 13.6 Å². The molecule has 0 aromatic carbocycles. The number of rotatable bonds is 3. The molecule has 3 aliphatic rings. The second-order valence-corrected chi connectivity index (χ2v) is 8.68. The SMILES string of the molecule is Cn1cc(-c2cc3c(N4CC5CCC(C4)N5C(=O)[C@@H]4C[C@H]4F)ccnc3[nH]2)c(F)n1. The van der Waals surface area contributed by atoms with Gasteiger partial charge in [0.15, 0.2) is 0 Å². The van der Waals surface area contributed by atoms with E-state index in [4.69, 9.17) is 0 Å². The molecule has 2 aliphatic heterocycles. The molecule has 4 atom stereocenters. The summed E-state index contributed by atoms with van der Waals surface area (Å²) in [5.41, 5.74) is 2.75. The Morgan fingerprint density at radius 2 is 2.00 bits per heavy atom. The predicted molar refractivity (Wildman–Crippen MR) is 107 cm³/mol. The van der Waals surface area contributed by atoms with Gasteiger partial charge in [-0.3, -0.25) is 9.48 Å². The first-order chi connectivity index (χ1) is 14.5. The maximum Gasteiger partial charge on any atom is 0.241 e. The number of amides is 1. The molecule has 2 saturated heterocycles. The lowest BCUT2D eigenvalue weighted by Gasteiger charge is -2.42. The van der Waals surface area contributed by atoms with Crippen molar-refractivity contribution in [3.05, 3.63) is 30.5 Å². The van der Waals surface area contributed by atoms with Crippen LogP contribution in [0.2, 0.25) is 0 Å². The van der Waals surface area contributed by atoms with Crippen LogP contribution in [0.5, 0.6) is 0 Å². The minimum absolute atomic E-state index is 0.00879. The summed E-state index contributed by atoms with van der Waals surface area (Å²) in [5, 5.41) is 4.70. The van der Waals surface area contributed by atoms with Crippen molar-refractivity contribution < 1.29 is 13.6 Å². The van der Waals surface area contributed by atoms with Crippen molar-refractivity contribution in [3.8, 4) is 11.3 Å². The molecular weight excluding hydrogens is 390 g/mol. The third-order valence-corrected chi connectivity index (χ3v) is 6.69. The number of aromatic nitrogens is 4. The van der Waals surface area contributed by atoms with Gasteiger partial charge < -0.3 is 14.8 Å². The summed E-state index contributed by atoms with van der Waals surface area (Å²) in [4.78, 5) is 24.5. The molecule has 3 aromatic rings. The standard InChI is InChI=1S/C21H22F2N6O/c1-27-10-15(19(23)26-27)17-7-14-18(4-5-24-20(14)25-17)28-8-11-2-3-12(9-28)29(11)21(30)13-6-16(13)22/h4-5,7,10-13,16H,2-3,6,8-9H2,1H3,(H,24,25)/t11?,12?,13-,16-/m1/s1. The van der Waals surface area contributed by atoms with E-state index in [1.54, 1.807) is 19.4 Å². The van der Waals surface area contributed by atoms with Crippen molar-refractivity contribution in [3.63, 3.8) is 0 Å². The van der Waals surface area contributed by atoms with Crippen molar-refractivity contribution in [2.75, 3.05) is 18.0 Å². The van der Waals surface area contributed by atoms with Crippen LogP contribution in [0.25, 0.3) is 22.3 Å². The van der Waals surface area contributed by atoms with E-state index in [0.29, 0.717) is 36.4 Å². The highest BCUT2D eigenvalue weighted by Crippen LogP contribution is 2.41. The number of carbonyl (C=O) groups excluding carboxylic acids is 1. The summed E-state index contributed by atoms with van der Waals surface area (Å²) in [6.07, 6.45) is 4.70. The number of nitrogens with one attached hydrogen (secondary N) is 1. The molecule has 2 unspecified atom stereocenters. The van der Waals surface area contributed by atoms with Gasteiger partial charge in [0, 0.05) is 55.7 Å². The molecule has 0 radical (unpaired) electrons. The van der Waals surface area contributed by atoms with Crippen molar-refractivity contribution in [1.82, 2.24) is 24.6 Å². The zero-order valence-corrected chi connectivity index (χ0v) is 16.6. The first-order valence-electron chi connectivity index (χ1n) is 10.4. The molecular formula is C21H22F2N6O. The van der Waals surface area contributed by atoms with E-state index in [0.717, 1.165) is 23.9 Å². The van der Waals surface area contributed by atoms with Crippen LogP contribution in [-0.2, 0) is 11.8 Å². The summed E-state index contributed by atoms with van der Waals surface area (Å²) in [5.74, 6) is -0.957. The number of aryl methyl sites for hydroxylation is 1. The van der Waals surface area contributed by atoms with Crippen LogP contribution in [0.4, 0.5) is 14.5 Å². The molecule has 2 bridgehead atoms. The van der Waals surface area contributed by atoms with Crippen LogP contribution in [0.3, 0.4) is 0 Å². The highest BCUT2D eigenvalue weighted by Gasteiger charge is 2.51. The Balaban J connectivity index is 1.32. The van der Waals surface area contributed by atoms with Gasteiger partial charge in [-0.15, -0.1) is 5.10 Å². The third-order valence-electron chi connectivity index (χ3n) is 6.69. The van der Waals surface area contributed by atoms with Gasteiger partial charge in [0.2, 0.25) is 11.9 Å². The fourth-order valence-corrected chi connectivity index (χ4v) is 5.15. The van der Waals surface area contributed by atoms with Crippen LogP contribution >= 0.6 is 0 Å². The Morgan fingerprint density at radius 3 is 2.63 bits per heavy atom. The Labute approximate surface area is 171 Å².